The van der Waals surface area contributed by atoms with Crippen LogP contribution in [0.5, 0.6) is 17.4 Å². The maximum atomic E-state index is 9.94. The van der Waals surface area contributed by atoms with Crippen molar-refractivity contribution in [2.24, 2.45) is 5.73 Å². The molecule has 8 heteroatoms. The molecule has 3 N–H and O–H groups in total. The first-order valence-electron chi connectivity index (χ1n) is 10.4. The van der Waals surface area contributed by atoms with Crippen molar-refractivity contribution >= 4 is 11.6 Å². The molecule has 0 radical (unpaired) electrons. The zero-order valence-corrected chi connectivity index (χ0v) is 19.7. The predicted octanol–water partition coefficient (Wildman–Crippen LogP) is 5.17. The highest BCUT2D eigenvalue weighted by atomic mass is 35.5. The maximum Gasteiger partial charge on any atom is 0.244 e. The van der Waals surface area contributed by atoms with E-state index in [2.05, 4.69) is 37.0 Å². The smallest absolute Gasteiger partial charge is 0.244 e. The van der Waals surface area contributed by atoms with E-state index in [0.29, 0.717) is 28.0 Å². The third kappa shape index (κ3) is 4.22. The molecule has 0 aliphatic carbocycles. The molecule has 1 unspecified atom stereocenters. The van der Waals surface area contributed by atoms with Crippen molar-refractivity contribution in [1.82, 2.24) is 10.2 Å². The zero-order valence-electron chi connectivity index (χ0n) is 18.9. The van der Waals surface area contributed by atoms with Gasteiger partial charge in [-0.3, -0.25) is 5.10 Å². The van der Waals surface area contributed by atoms with Crippen LogP contribution in [-0.2, 0) is 12.0 Å². The van der Waals surface area contributed by atoms with Crippen LogP contribution in [0.3, 0.4) is 0 Å². The van der Waals surface area contributed by atoms with Crippen LogP contribution in [0, 0.1) is 11.3 Å². The van der Waals surface area contributed by atoms with Crippen LogP contribution < -0.4 is 19.9 Å². The largest absolute Gasteiger partial charge is 0.496 e. The van der Waals surface area contributed by atoms with Crippen molar-refractivity contribution in [2.45, 2.75) is 38.7 Å². The minimum Gasteiger partial charge on any atom is -0.496 e. The summed E-state index contributed by atoms with van der Waals surface area (Å²) in [5.74, 6) is 1.22. The first kappa shape index (κ1) is 22.6. The lowest BCUT2D eigenvalue weighted by atomic mass is 9.78. The van der Waals surface area contributed by atoms with Crippen molar-refractivity contribution in [3.63, 3.8) is 0 Å². The molecule has 1 aliphatic heterocycles. The van der Waals surface area contributed by atoms with E-state index >= 15 is 0 Å². The van der Waals surface area contributed by atoms with Crippen LogP contribution in [0.2, 0.25) is 5.02 Å². The number of methoxy groups -OCH3 is 1. The Balaban J connectivity index is 1.80. The van der Waals surface area contributed by atoms with Crippen LogP contribution in [0.1, 0.15) is 49.1 Å². The molecular weight excluding hydrogens is 440 g/mol. The summed E-state index contributed by atoms with van der Waals surface area (Å²) in [6.45, 7) is 6.45. The lowest BCUT2D eigenvalue weighted by molar-refractivity contribution is 0.296. The Morgan fingerprint density at radius 3 is 2.64 bits per heavy atom. The Kier molecular flexibility index (Phi) is 5.96. The molecule has 0 bridgehead atoms. The number of nitrogens with zero attached hydrogens (tertiary/aromatic N) is 2. The molecule has 1 atom stereocenters. The predicted molar refractivity (Wildman–Crippen MR) is 125 cm³/mol. The molecule has 7 nitrogen and oxygen atoms in total. The quantitative estimate of drug-likeness (QED) is 0.539. The number of hydrogen-bond donors (Lipinski definition) is 2. The molecule has 1 aromatic heterocycles. The van der Waals surface area contributed by atoms with Crippen molar-refractivity contribution in [1.29, 1.82) is 5.26 Å². The highest BCUT2D eigenvalue weighted by Gasteiger charge is 2.38. The maximum absolute atomic E-state index is 9.94. The summed E-state index contributed by atoms with van der Waals surface area (Å²) >= 11 is 6.24. The van der Waals surface area contributed by atoms with Crippen LogP contribution >= 0.6 is 11.6 Å². The normalized spacial score (nSPS) is 15.5. The molecule has 2 aromatic carbocycles. The minimum atomic E-state index is -0.448. The van der Waals surface area contributed by atoms with Gasteiger partial charge in [0.05, 0.1) is 23.6 Å². The number of aromatic amines is 1. The fraction of sp³-hybridized carbons (Fsp3) is 0.280. The number of ether oxygens (including phenoxy) is 3. The number of hydrogen-bond acceptors (Lipinski definition) is 6. The number of rotatable bonds is 5. The second kappa shape index (κ2) is 8.72. The van der Waals surface area contributed by atoms with Crippen molar-refractivity contribution in [3.05, 3.63) is 81.3 Å². The van der Waals surface area contributed by atoms with Gasteiger partial charge in [0.1, 0.15) is 29.7 Å². The number of halogens is 1. The van der Waals surface area contributed by atoms with Crippen molar-refractivity contribution in [3.8, 4) is 23.4 Å². The SMILES string of the molecule is COc1ccc(C2C(C#N)=C(N)Oc3n[nH]c(C(C)(C)C)c32)cc1COc1ccccc1Cl. The summed E-state index contributed by atoms with van der Waals surface area (Å²) in [6.07, 6.45) is 0. The molecule has 33 heavy (non-hydrogen) atoms. The Morgan fingerprint density at radius 2 is 1.97 bits per heavy atom. The van der Waals surface area contributed by atoms with Gasteiger partial charge in [-0.15, -0.1) is 5.10 Å². The van der Waals surface area contributed by atoms with E-state index in [1.54, 1.807) is 13.2 Å². The van der Waals surface area contributed by atoms with Gasteiger partial charge in [-0.1, -0.05) is 50.6 Å². The van der Waals surface area contributed by atoms with Gasteiger partial charge >= 0.3 is 0 Å². The number of nitriles is 1. The van der Waals surface area contributed by atoms with Crippen LogP contribution in [-0.4, -0.2) is 17.3 Å². The molecule has 3 aromatic rings. The number of nitrogens with one attached hydrogen (secondary N) is 1. The van der Waals surface area contributed by atoms with Gasteiger partial charge in [0, 0.05) is 16.7 Å². The average molecular weight is 465 g/mol. The third-order valence-electron chi connectivity index (χ3n) is 5.55. The molecule has 0 amide bonds. The summed E-state index contributed by atoms with van der Waals surface area (Å²) in [7, 11) is 1.60. The van der Waals surface area contributed by atoms with Crippen LogP contribution in [0.4, 0.5) is 0 Å². The standard InChI is InChI=1S/C25H25ClN4O3/c1-25(2,3)22-21-20(16(12-27)23(28)33-24(21)30-29-22)14-9-10-18(31-4)15(11-14)13-32-19-8-6-5-7-17(19)26/h5-11,20H,13,28H2,1-4H3,(H,29,30). The highest BCUT2D eigenvalue weighted by molar-refractivity contribution is 6.32. The number of fused-ring (bicyclic) bond motifs is 1. The second-order valence-electron chi connectivity index (χ2n) is 8.78. The average Bonchev–Trinajstić information content (AvgIpc) is 3.21. The Bertz CT molecular complexity index is 1270. The fourth-order valence-corrected chi connectivity index (χ4v) is 4.15. The number of para-hydroxylation sites is 1. The van der Waals surface area contributed by atoms with E-state index in [-0.39, 0.29) is 17.9 Å². The summed E-state index contributed by atoms with van der Waals surface area (Å²) in [4.78, 5) is 0. The fourth-order valence-electron chi connectivity index (χ4n) is 3.96. The lowest BCUT2D eigenvalue weighted by Gasteiger charge is -2.28. The number of nitrogens with two attached hydrogens (primary N) is 1. The zero-order chi connectivity index (χ0) is 23.8. The Morgan fingerprint density at radius 1 is 1.21 bits per heavy atom. The summed E-state index contributed by atoms with van der Waals surface area (Å²) < 4.78 is 17.2. The Labute approximate surface area is 197 Å². The van der Waals surface area contributed by atoms with Gasteiger partial charge in [-0.25, -0.2) is 0 Å². The molecule has 4 rings (SSSR count). The second-order valence-corrected chi connectivity index (χ2v) is 9.19. The molecule has 0 saturated carbocycles. The number of aromatic nitrogens is 2. The van der Waals surface area contributed by atoms with E-state index in [0.717, 1.165) is 22.4 Å². The van der Waals surface area contributed by atoms with Gasteiger partial charge in [0.2, 0.25) is 11.8 Å². The van der Waals surface area contributed by atoms with E-state index in [9.17, 15) is 5.26 Å². The van der Waals surface area contributed by atoms with Gasteiger partial charge in [-0.2, -0.15) is 5.26 Å². The first-order chi connectivity index (χ1) is 15.7. The summed E-state index contributed by atoms with van der Waals surface area (Å²) in [6, 6.07) is 15.3. The molecule has 0 fully saturated rings. The van der Waals surface area contributed by atoms with E-state index in [4.69, 9.17) is 31.5 Å². The number of H-pyrrole nitrogens is 1. The van der Waals surface area contributed by atoms with Gasteiger partial charge in [0.15, 0.2) is 0 Å². The minimum absolute atomic E-state index is 0.0478. The van der Waals surface area contributed by atoms with Gasteiger partial charge in [0.25, 0.3) is 0 Å². The van der Waals surface area contributed by atoms with Crippen LogP contribution in [0.25, 0.3) is 0 Å². The van der Waals surface area contributed by atoms with Crippen LogP contribution in [0.15, 0.2) is 53.9 Å². The Hall–Kier alpha value is -3.63. The monoisotopic (exact) mass is 464 g/mol. The van der Waals surface area contributed by atoms with Crippen molar-refractivity contribution in [2.75, 3.05) is 7.11 Å². The molecule has 2 heterocycles. The number of benzene rings is 2. The lowest BCUT2D eigenvalue weighted by Crippen LogP contribution is -2.24. The van der Waals surface area contributed by atoms with E-state index < -0.39 is 5.92 Å². The molecule has 0 saturated heterocycles. The third-order valence-corrected chi connectivity index (χ3v) is 5.86. The first-order valence-corrected chi connectivity index (χ1v) is 10.8. The molecular formula is C25H25ClN4O3. The van der Waals surface area contributed by atoms with E-state index in [1.165, 1.54) is 0 Å². The molecule has 170 valence electrons. The number of allylic oxidation sites excluding steroid dienone is 1. The molecule has 0 spiro atoms. The summed E-state index contributed by atoms with van der Waals surface area (Å²) in [5.41, 5.74) is 9.53. The van der Waals surface area contributed by atoms with Crippen molar-refractivity contribution < 1.29 is 14.2 Å². The van der Waals surface area contributed by atoms with Gasteiger partial charge in [-0.05, 0) is 29.8 Å². The highest BCUT2D eigenvalue weighted by Crippen LogP contribution is 2.46. The van der Waals surface area contributed by atoms with Gasteiger partial charge < -0.3 is 19.9 Å². The van der Waals surface area contributed by atoms with E-state index in [1.807, 2.05) is 36.4 Å². The topological polar surface area (TPSA) is 106 Å². The summed E-state index contributed by atoms with van der Waals surface area (Å²) in [5, 5.41) is 17.9. The molecule has 1 aliphatic rings.